The lowest BCUT2D eigenvalue weighted by molar-refractivity contribution is -0.140. The molecule has 1 aliphatic carbocycles. The van der Waals surface area contributed by atoms with Crippen molar-refractivity contribution in [3.8, 4) is 16.9 Å². The van der Waals surface area contributed by atoms with Crippen LogP contribution >= 0.6 is 0 Å². The Morgan fingerprint density at radius 1 is 0.953 bits per heavy atom. The summed E-state index contributed by atoms with van der Waals surface area (Å²) in [5.41, 5.74) is 5.50. The average molecular weight is 582 g/mol. The summed E-state index contributed by atoms with van der Waals surface area (Å²) in [7, 11) is 0. The summed E-state index contributed by atoms with van der Waals surface area (Å²) in [5.74, 6) is 0.686. The van der Waals surface area contributed by atoms with Gasteiger partial charge in [-0.05, 0) is 84.9 Å². The lowest BCUT2D eigenvalue weighted by Crippen LogP contribution is -2.25. The van der Waals surface area contributed by atoms with Crippen LogP contribution in [0.15, 0.2) is 71.5 Å². The van der Waals surface area contributed by atoms with Gasteiger partial charge in [0, 0.05) is 18.5 Å². The lowest BCUT2D eigenvalue weighted by atomic mass is 9.87. The normalized spacial score (nSPS) is 14.1. The number of hydrogen-bond donors (Lipinski definition) is 1. The number of rotatable bonds is 12. The Morgan fingerprint density at radius 2 is 1.67 bits per heavy atom. The third-order valence-corrected chi connectivity index (χ3v) is 8.55. The fourth-order valence-electron chi connectivity index (χ4n) is 5.82. The summed E-state index contributed by atoms with van der Waals surface area (Å²) < 4.78 is 9.16. The third-order valence-electron chi connectivity index (χ3n) is 8.55. The molecule has 1 saturated carbocycles. The van der Waals surface area contributed by atoms with E-state index < -0.39 is 11.4 Å². The maximum absolute atomic E-state index is 13.1. The standard InChI is InChI=1S/C36H43N3O4/c1-6-38-32(37-39(34(38)42)24-26-14-17-29(18-15-26)35(3,4)5)13-9-11-25-10-8-12-27(22-25)28-16-19-31(43-7-2)30(23-28)36(20-21-36)33(40)41/h8,10,12,14-19,22-23H,6-7,9,11,13,20-21,24H2,1-5H3,(H,40,41). The maximum Gasteiger partial charge on any atom is 0.346 e. The summed E-state index contributed by atoms with van der Waals surface area (Å²) in [6.07, 6.45) is 3.67. The van der Waals surface area contributed by atoms with Crippen LogP contribution in [0, 0.1) is 0 Å². The van der Waals surface area contributed by atoms with Crippen LogP contribution in [0.4, 0.5) is 0 Å². The van der Waals surface area contributed by atoms with Crippen LogP contribution in [0.2, 0.25) is 0 Å². The number of hydrogen-bond acceptors (Lipinski definition) is 4. The topological polar surface area (TPSA) is 86.4 Å². The first-order valence-electron chi connectivity index (χ1n) is 15.4. The Morgan fingerprint density at radius 3 is 2.30 bits per heavy atom. The van der Waals surface area contributed by atoms with Crippen molar-refractivity contribution in [3.63, 3.8) is 0 Å². The number of benzene rings is 3. The molecule has 3 aromatic carbocycles. The molecule has 5 rings (SSSR count). The maximum atomic E-state index is 13.1. The molecule has 0 aliphatic heterocycles. The summed E-state index contributed by atoms with van der Waals surface area (Å²) >= 11 is 0. The van der Waals surface area contributed by atoms with E-state index in [0.29, 0.717) is 44.7 Å². The number of aryl methyl sites for hydroxylation is 2. The van der Waals surface area contributed by atoms with Gasteiger partial charge in [0.15, 0.2) is 0 Å². The van der Waals surface area contributed by atoms with Crippen molar-refractivity contribution in [1.82, 2.24) is 14.3 Å². The molecule has 0 radical (unpaired) electrons. The van der Waals surface area contributed by atoms with Crippen LogP contribution in [-0.2, 0) is 41.6 Å². The molecule has 1 aromatic heterocycles. The van der Waals surface area contributed by atoms with Crippen LogP contribution in [0.1, 0.15) is 82.0 Å². The van der Waals surface area contributed by atoms with Crippen LogP contribution in [0.5, 0.6) is 5.75 Å². The van der Waals surface area contributed by atoms with Crippen molar-refractivity contribution in [2.24, 2.45) is 0 Å². The Kier molecular flexibility index (Phi) is 8.63. The Bertz CT molecular complexity index is 1650. The van der Waals surface area contributed by atoms with E-state index in [4.69, 9.17) is 9.84 Å². The predicted octanol–water partition coefficient (Wildman–Crippen LogP) is 6.77. The molecule has 0 atom stereocenters. The van der Waals surface area contributed by atoms with E-state index in [2.05, 4.69) is 63.2 Å². The highest BCUT2D eigenvalue weighted by Gasteiger charge is 2.53. The SMILES string of the molecule is CCOc1ccc(-c2cccc(CCCc3nn(Cc4ccc(C(C)(C)C)cc4)c(=O)n3CC)c2)cc1C1(C(=O)O)CC1. The molecule has 1 aliphatic rings. The van der Waals surface area contributed by atoms with Gasteiger partial charge < -0.3 is 9.84 Å². The van der Waals surface area contributed by atoms with E-state index in [9.17, 15) is 14.7 Å². The monoisotopic (exact) mass is 581 g/mol. The molecule has 0 spiro atoms. The van der Waals surface area contributed by atoms with Gasteiger partial charge in [-0.2, -0.15) is 5.10 Å². The van der Waals surface area contributed by atoms with Gasteiger partial charge in [0.25, 0.3) is 0 Å². The van der Waals surface area contributed by atoms with E-state index in [1.54, 1.807) is 9.25 Å². The first kappa shape index (κ1) is 30.3. The van der Waals surface area contributed by atoms with Gasteiger partial charge in [0.1, 0.15) is 11.6 Å². The highest BCUT2D eigenvalue weighted by molar-refractivity contribution is 5.87. The Balaban J connectivity index is 1.28. The molecule has 0 saturated heterocycles. The van der Waals surface area contributed by atoms with Gasteiger partial charge in [-0.1, -0.05) is 75.4 Å². The second-order valence-corrected chi connectivity index (χ2v) is 12.6. The van der Waals surface area contributed by atoms with Gasteiger partial charge in [-0.15, -0.1) is 0 Å². The van der Waals surface area contributed by atoms with Crippen molar-refractivity contribution in [3.05, 3.63) is 105 Å². The number of ether oxygens (including phenoxy) is 1. The molecule has 1 fully saturated rings. The predicted molar refractivity (Wildman–Crippen MR) is 170 cm³/mol. The minimum Gasteiger partial charge on any atom is -0.494 e. The number of carboxylic acids is 1. The van der Waals surface area contributed by atoms with E-state index in [-0.39, 0.29) is 11.1 Å². The molecule has 1 N–H and O–H groups in total. The van der Waals surface area contributed by atoms with Gasteiger partial charge in [-0.3, -0.25) is 9.36 Å². The lowest BCUT2D eigenvalue weighted by Gasteiger charge is -2.19. The summed E-state index contributed by atoms with van der Waals surface area (Å²) in [6.45, 7) is 12.0. The molecule has 0 bridgehead atoms. The fraction of sp³-hybridized carbons (Fsp3) is 0.417. The third kappa shape index (κ3) is 6.46. The van der Waals surface area contributed by atoms with E-state index in [0.717, 1.165) is 40.9 Å². The molecule has 0 unspecified atom stereocenters. The molecule has 0 amide bonds. The number of carbonyl (C=O) groups is 1. The number of aromatic nitrogens is 3. The first-order valence-corrected chi connectivity index (χ1v) is 15.4. The van der Waals surface area contributed by atoms with Crippen molar-refractivity contribution < 1.29 is 14.6 Å². The molecular formula is C36H43N3O4. The first-order chi connectivity index (χ1) is 20.6. The summed E-state index contributed by atoms with van der Waals surface area (Å²) in [6, 6.07) is 22.8. The van der Waals surface area contributed by atoms with Crippen LogP contribution < -0.4 is 10.4 Å². The number of nitrogens with zero attached hydrogens (tertiary/aromatic N) is 3. The van der Waals surface area contributed by atoms with Gasteiger partial charge in [0.2, 0.25) is 0 Å². The quantitative estimate of drug-likeness (QED) is 0.200. The molecule has 226 valence electrons. The van der Waals surface area contributed by atoms with Crippen molar-refractivity contribution in [1.29, 1.82) is 0 Å². The van der Waals surface area contributed by atoms with Crippen molar-refractivity contribution in [2.75, 3.05) is 6.61 Å². The summed E-state index contributed by atoms with van der Waals surface area (Å²) in [4.78, 5) is 25.2. The number of aliphatic carboxylic acids is 1. The fourth-order valence-corrected chi connectivity index (χ4v) is 5.82. The average Bonchev–Trinajstić information content (AvgIpc) is 3.74. The molecule has 43 heavy (non-hydrogen) atoms. The summed E-state index contributed by atoms with van der Waals surface area (Å²) in [5, 5.41) is 14.7. The molecule has 1 heterocycles. The zero-order valence-corrected chi connectivity index (χ0v) is 26.0. The molecule has 7 nitrogen and oxygen atoms in total. The zero-order valence-electron chi connectivity index (χ0n) is 26.0. The Labute approximate surface area is 254 Å². The largest absolute Gasteiger partial charge is 0.494 e. The second kappa shape index (κ2) is 12.2. The van der Waals surface area contributed by atoms with Crippen molar-refractivity contribution >= 4 is 5.97 Å². The minimum absolute atomic E-state index is 0.0690. The Hall–Kier alpha value is -4.13. The second-order valence-electron chi connectivity index (χ2n) is 12.6. The highest BCUT2D eigenvalue weighted by Crippen LogP contribution is 2.52. The number of carboxylic acid groups (broad SMARTS) is 1. The van der Waals surface area contributed by atoms with Gasteiger partial charge in [0.05, 0.1) is 18.6 Å². The highest BCUT2D eigenvalue weighted by atomic mass is 16.5. The van der Waals surface area contributed by atoms with Gasteiger partial charge >= 0.3 is 11.7 Å². The smallest absolute Gasteiger partial charge is 0.346 e. The van der Waals surface area contributed by atoms with E-state index in [1.807, 2.05) is 38.1 Å². The van der Waals surface area contributed by atoms with E-state index >= 15 is 0 Å². The van der Waals surface area contributed by atoms with Crippen LogP contribution in [0.3, 0.4) is 0 Å². The molecule has 7 heteroatoms. The van der Waals surface area contributed by atoms with Crippen LogP contribution in [0.25, 0.3) is 11.1 Å². The minimum atomic E-state index is -0.841. The zero-order chi connectivity index (χ0) is 30.8. The van der Waals surface area contributed by atoms with Gasteiger partial charge in [-0.25, -0.2) is 9.48 Å². The van der Waals surface area contributed by atoms with E-state index in [1.165, 1.54) is 11.1 Å². The molecule has 4 aromatic rings. The molecular weight excluding hydrogens is 538 g/mol. The van der Waals surface area contributed by atoms with Crippen LogP contribution in [-0.4, -0.2) is 32.0 Å². The van der Waals surface area contributed by atoms with Crippen molar-refractivity contribution in [2.45, 2.75) is 90.6 Å².